The van der Waals surface area contributed by atoms with Crippen molar-refractivity contribution in [2.75, 3.05) is 6.61 Å². The highest BCUT2D eigenvalue weighted by atomic mass is 16.5. The van der Waals surface area contributed by atoms with Gasteiger partial charge in [0.15, 0.2) is 0 Å². The van der Waals surface area contributed by atoms with Crippen molar-refractivity contribution in [2.24, 2.45) is 17.3 Å². The Morgan fingerprint density at radius 2 is 2.00 bits per heavy atom. The molecule has 2 heteroatoms. The van der Waals surface area contributed by atoms with Crippen LogP contribution in [-0.2, 0) is 9.53 Å². The lowest BCUT2D eigenvalue weighted by molar-refractivity contribution is -0.126. The molecule has 0 radical (unpaired) electrons. The third kappa shape index (κ3) is 4.30. The molecule has 0 spiro atoms. The van der Waals surface area contributed by atoms with Crippen LogP contribution >= 0.6 is 0 Å². The molecule has 2 aliphatic rings. The smallest absolute Gasteiger partial charge is 0.135 e. The van der Waals surface area contributed by atoms with Crippen LogP contribution in [0.5, 0.6) is 0 Å². The number of carbonyl (C=O) groups is 1. The van der Waals surface area contributed by atoms with E-state index in [1.54, 1.807) is 0 Å². The van der Waals surface area contributed by atoms with Crippen LogP contribution in [0.1, 0.15) is 72.1 Å². The van der Waals surface area contributed by atoms with Gasteiger partial charge in [0, 0.05) is 18.9 Å². The number of hydrogen-bond acceptors (Lipinski definition) is 2. The van der Waals surface area contributed by atoms with Crippen molar-refractivity contribution < 1.29 is 9.53 Å². The van der Waals surface area contributed by atoms with Crippen LogP contribution in [0.25, 0.3) is 0 Å². The summed E-state index contributed by atoms with van der Waals surface area (Å²) in [5, 5.41) is 0. The number of ether oxygens (including phenoxy) is 1. The lowest BCUT2D eigenvalue weighted by Gasteiger charge is -2.37. The largest absolute Gasteiger partial charge is 0.378 e. The molecular weight excluding hydrogens is 236 g/mol. The molecule has 1 heterocycles. The number of hydrogen-bond donors (Lipinski definition) is 0. The molecule has 0 aromatic heterocycles. The van der Waals surface area contributed by atoms with Gasteiger partial charge in [0.25, 0.3) is 0 Å². The second kappa shape index (κ2) is 6.39. The molecule has 2 rings (SSSR count). The Kier molecular flexibility index (Phi) is 5.05. The summed E-state index contributed by atoms with van der Waals surface area (Å²) >= 11 is 0. The Balaban J connectivity index is 1.75. The van der Waals surface area contributed by atoms with Crippen LogP contribution in [0, 0.1) is 17.3 Å². The normalized spacial score (nSPS) is 32.8. The predicted molar refractivity (Wildman–Crippen MR) is 78.1 cm³/mol. The van der Waals surface area contributed by atoms with Crippen LogP contribution in [0.2, 0.25) is 0 Å². The fourth-order valence-electron chi connectivity index (χ4n) is 3.64. The number of rotatable bonds is 4. The lowest BCUT2D eigenvalue weighted by atomic mass is 9.68. The van der Waals surface area contributed by atoms with Gasteiger partial charge in [-0.05, 0) is 49.9 Å². The Morgan fingerprint density at radius 1 is 1.21 bits per heavy atom. The molecule has 3 atom stereocenters. The van der Waals surface area contributed by atoms with Crippen molar-refractivity contribution in [3.8, 4) is 0 Å². The minimum Gasteiger partial charge on any atom is -0.378 e. The van der Waals surface area contributed by atoms with Crippen molar-refractivity contribution in [2.45, 2.75) is 78.2 Å². The maximum atomic E-state index is 12.1. The molecule has 1 aliphatic carbocycles. The highest BCUT2D eigenvalue weighted by molar-refractivity contribution is 5.81. The van der Waals surface area contributed by atoms with Crippen LogP contribution in [0.4, 0.5) is 0 Å². The molecule has 1 saturated heterocycles. The van der Waals surface area contributed by atoms with Gasteiger partial charge in [-0.2, -0.15) is 0 Å². The van der Waals surface area contributed by atoms with Crippen LogP contribution in [0.15, 0.2) is 0 Å². The van der Waals surface area contributed by atoms with E-state index in [0.29, 0.717) is 23.2 Å². The van der Waals surface area contributed by atoms with E-state index in [-0.39, 0.29) is 0 Å². The van der Waals surface area contributed by atoms with Gasteiger partial charge in [-0.3, -0.25) is 4.79 Å². The Labute approximate surface area is 118 Å². The van der Waals surface area contributed by atoms with Gasteiger partial charge in [-0.1, -0.05) is 27.2 Å². The van der Waals surface area contributed by atoms with E-state index in [0.717, 1.165) is 51.0 Å². The lowest BCUT2D eigenvalue weighted by Crippen LogP contribution is -2.32. The van der Waals surface area contributed by atoms with Crippen molar-refractivity contribution in [3.63, 3.8) is 0 Å². The molecule has 1 saturated carbocycles. The maximum Gasteiger partial charge on any atom is 0.135 e. The van der Waals surface area contributed by atoms with Crippen molar-refractivity contribution in [3.05, 3.63) is 0 Å². The molecule has 110 valence electrons. The second-order valence-corrected chi connectivity index (χ2v) is 7.57. The Hall–Kier alpha value is -0.370. The van der Waals surface area contributed by atoms with E-state index >= 15 is 0 Å². The van der Waals surface area contributed by atoms with Gasteiger partial charge >= 0.3 is 0 Å². The summed E-state index contributed by atoms with van der Waals surface area (Å²) in [6, 6.07) is 0. The molecule has 0 N–H and O–H groups in total. The first-order chi connectivity index (χ1) is 8.97. The molecule has 0 aromatic carbocycles. The van der Waals surface area contributed by atoms with E-state index in [9.17, 15) is 4.79 Å². The molecule has 2 nitrogen and oxygen atoms in total. The number of ketones is 1. The van der Waals surface area contributed by atoms with Gasteiger partial charge in [0.1, 0.15) is 5.78 Å². The molecular formula is C17H30O2. The zero-order chi connectivity index (χ0) is 13.9. The minimum absolute atomic E-state index is 0.333. The molecule has 0 bridgehead atoms. The van der Waals surface area contributed by atoms with E-state index in [1.807, 2.05) is 0 Å². The summed E-state index contributed by atoms with van der Waals surface area (Å²) < 4.78 is 5.66. The average Bonchev–Trinajstić information content (AvgIpc) is 2.83. The fourth-order valence-corrected chi connectivity index (χ4v) is 3.64. The molecule has 2 fully saturated rings. The molecule has 1 aliphatic heterocycles. The third-order valence-electron chi connectivity index (χ3n) is 5.09. The van der Waals surface area contributed by atoms with Crippen molar-refractivity contribution in [1.29, 1.82) is 0 Å². The highest BCUT2D eigenvalue weighted by Gasteiger charge is 2.34. The van der Waals surface area contributed by atoms with E-state index < -0.39 is 0 Å². The summed E-state index contributed by atoms with van der Waals surface area (Å²) in [5.41, 5.74) is 0.355. The monoisotopic (exact) mass is 266 g/mol. The fraction of sp³-hybridized carbons (Fsp3) is 0.941. The Bertz CT molecular complexity index is 297. The van der Waals surface area contributed by atoms with Gasteiger partial charge in [-0.15, -0.1) is 0 Å². The van der Waals surface area contributed by atoms with Crippen molar-refractivity contribution in [1.82, 2.24) is 0 Å². The van der Waals surface area contributed by atoms with Crippen LogP contribution in [-0.4, -0.2) is 18.5 Å². The molecule has 0 aromatic rings. The Morgan fingerprint density at radius 3 is 2.63 bits per heavy atom. The van der Waals surface area contributed by atoms with Gasteiger partial charge < -0.3 is 4.74 Å². The molecule has 0 amide bonds. The topological polar surface area (TPSA) is 26.3 Å². The third-order valence-corrected chi connectivity index (χ3v) is 5.09. The van der Waals surface area contributed by atoms with Gasteiger partial charge in [0.05, 0.1) is 6.10 Å². The second-order valence-electron chi connectivity index (χ2n) is 7.57. The first-order valence-electron chi connectivity index (χ1n) is 8.11. The van der Waals surface area contributed by atoms with E-state index in [1.165, 1.54) is 12.8 Å². The standard InChI is InChI=1S/C17H30O2/c1-17(2,3)14-9-10-16(18)13(12-14)6-4-7-15-8-5-11-19-15/h13-15H,4-12H2,1-3H3. The zero-order valence-corrected chi connectivity index (χ0v) is 12.9. The summed E-state index contributed by atoms with van der Waals surface area (Å²) in [5.74, 6) is 1.57. The molecule has 19 heavy (non-hydrogen) atoms. The zero-order valence-electron chi connectivity index (χ0n) is 12.9. The van der Waals surface area contributed by atoms with Gasteiger partial charge in [0.2, 0.25) is 0 Å². The maximum absolute atomic E-state index is 12.1. The van der Waals surface area contributed by atoms with Gasteiger partial charge in [-0.25, -0.2) is 0 Å². The van der Waals surface area contributed by atoms with Crippen LogP contribution < -0.4 is 0 Å². The first kappa shape index (κ1) is 15.0. The predicted octanol–water partition coefficient (Wildman–Crippen LogP) is 4.37. The van der Waals surface area contributed by atoms with Crippen LogP contribution in [0.3, 0.4) is 0 Å². The summed E-state index contributed by atoms with van der Waals surface area (Å²) in [6.07, 6.45) is 9.37. The minimum atomic E-state index is 0.333. The first-order valence-corrected chi connectivity index (χ1v) is 8.11. The van der Waals surface area contributed by atoms with Crippen molar-refractivity contribution >= 4 is 5.78 Å². The summed E-state index contributed by atoms with van der Waals surface area (Å²) in [7, 11) is 0. The average molecular weight is 266 g/mol. The number of Topliss-reactive ketones (excluding diaryl/α,β-unsaturated/α-hetero) is 1. The highest BCUT2D eigenvalue weighted by Crippen LogP contribution is 2.40. The SMILES string of the molecule is CC(C)(C)C1CCC(=O)C(CCCC2CCCO2)C1. The van der Waals surface area contributed by atoms with E-state index in [4.69, 9.17) is 4.74 Å². The summed E-state index contributed by atoms with van der Waals surface area (Å²) in [4.78, 5) is 12.1. The molecule has 3 unspecified atom stereocenters. The van der Waals surface area contributed by atoms with E-state index in [2.05, 4.69) is 20.8 Å². The summed E-state index contributed by atoms with van der Waals surface area (Å²) in [6.45, 7) is 7.89. The number of carbonyl (C=O) groups excluding carboxylic acids is 1. The quantitative estimate of drug-likeness (QED) is 0.755.